The third-order valence-corrected chi connectivity index (χ3v) is 9.67. The molecule has 7 rings (SSSR count). The molecule has 1 spiro atoms. The molecule has 0 unspecified atom stereocenters. The van der Waals surface area contributed by atoms with Crippen molar-refractivity contribution >= 4 is 51.4 Å². The number of para-hydroxylation sites is 1. The molecule has 3 aliphatic rings. The number of aryl methyl sites for hydroxylation is 1. The second kappa shape index (κ2) is 9.32. The van der Waals surface area contributed by atoms with Crippen molar-refractivity contribution in [2.24, 2.45) is 5.92 Å². The summed E-state index contributed by atoms with van der Waals surface area (Å²) >= 11 is 1.28. The van der Waals surface area contributed by atoms with Crippen molar-refractivity contribution in [1.29, 1.82) is 0 Å². The van der Waals surface area contributed by atoms with Crippen molar-refractivity contribution < 1.29 is 19.3 Å². The largest absolute Gasteiger partial charge is 0.352 e. The number of nitrogens with one attached hydrogen (secondary N) is 1. The number of carbonyl (C=O) groups is 3. The number of thiophene rings is 1. The van der Waals surface area contributed by atoms with E-state index in [4.69, 9.17) is 0 Å². The molecular formula is C33H25N3O5S. The van der Waals surface area contributed by atoms with Crippen LogP contribution in [0.3, 0.4) is 0 Å². The normalized spacial score (nSPS) is 23.6. The van der Waals surface area contributed by atoms with Gasteiger partial charge in [0.15, 0.2) is 11.6 Å². The van der Waals surface area contributed by atoms with Crippen molar-refractivity contribution in [2.45, 2.75) is 31.3 Å². The lowest BCUT2D eigenvalue weighted by molar-refractivity contribution is -0.384. The zero-order chi connectivity index (χ0) is 29.3. The fourth-order valence-electron chi connectivity index (χ4n) is 7.06. The van der Waals surface area contributed by atoms with Gasteiger partial charge in [0.05, 0.1) is 21.8 Å². The van der Waals surface area contributed by atoms with Gasteiger partial charge in [0.1, 0.15) is 11.5 Å². The number of allylic oxidation sites excluding steroid dienone is 1. The van der Waals surface area contributed by atoms with Crippen LogP contribution in [0.25, 0.3) is 5.57 Å². The maximum Gasteiger partial charge on any atom is 0.270 e. The van der Waals surface area contributed by atoms with Gasteiger partial charge >= 0.3 is 0 Å². The van der Waals surface area contributed by atoms with E-state index in [2.05, 4.69) is 11.4 Å². The number of amides is 1. The van der Waals surface area contributed by atoms with E-state index in [9.17, 15) is 24.5 Å². The standard InChI is InChI=1S/C33H25N3O5S/c1-18-12-13-25-22(15-18)19(2)16-27-33(23-9-3-4-10-24(23)34-32(33)39)28(29(35(25)27)31(38)26-11-6-14-42-26)30(37)20-7-5-8-21(17-20)36(40)41/h3-17,27-29H,1-2H3,(H,34,39)/t27-,28+,29-,33+/m0/s1. The summed E-state index contributed by atoms with van der Waals surface area (Å²) in [6.45, 7) is 3.97. The highest BCUT2D eigenvalue weighted by Gasteiger charge is 2.70. The van der Waals surface area contributed by atoms with E-state index >= 15 is 0 Å². The molecule has 42 heavy (non-hydrogen) atoms. The van der Waals surface area contributed by atoms with Gasteiger partial charge in [-0.15, -0.1) is 11.3 Å². The molecule has 3 aliphatic heterocycles. The number of hydrogen-bond acceptors (Lipinski definition) is 7. The van der Waals surface area contributed by atoms with Crippen LogP contribution in [0.1, 0.15) is 43.6 Å². The van der Waals surface area contributed by atoms with Crippen molar-refractivity contribution in [3.05, 3.63) is 128 Å². The van der Waals surface area contributed by atoms with Crippen LogP contribution in [0, 0.1) is 23.0 Å². The number of fused-ring (bicyclic) bond motifs is 6. The minimum absolute atomic E-state index is 0.0828. The van der Waals surface area contributed by atoms with Gasteiger partial charge in [-0.1, -0.05) is 54.1 Å². The van der Waals surface area contributed by atoms with Gasteiger partial charge in [-0.05, 0) is 54.6 Å². The molecule has 4 atom stereocenters. The molecule has 1 saturated heterocycles. The smallest absolute Gasteiger partial charge is 0.270 e. The highest BCUT2D eigenvalue weighted by atomic mass is 32.1. The van der Waals surface area contributed by atoms with Crippen molar-refractivity contribution in [2.75, 3.05) is 10.2 Å². The third kappa shape index (κ3) is 3.50. The monoisotopic (exact) mass is 575 g/mol. The lowest BCUT2D eigenvalue weighted by Crippen LogP contribution is -2.51. The Kier molecular flexibility index (Phi) is 5.78. The van der Waals surface area contributed by atoms with Crippen molar-refractivity contribution in [3.63, 3.8) is 0 Å². The number of nitro benzene ring substituents is 1. The third-order valence-electron chi connectivity index (χ3n) is 8.79. The first-order valence-corrected chi connectivity index (χ1v) is 14.5. The Morgan fingerprint density at radius 3 is 2.55 bits per heavy atom. The first kappa shape index (κ1) is 26.0. The topological polar surface area (TPSA) is 110 Å². The number of non-ortho nitro benzene ring substituents is 1. The summed E-state index contributed by atoms with van der Waals surface area (Å²) in [5.41, 5.74) is 3.28. The van der Waals surface area contributed by atoms with Gasteiger partial charge in [-0.2, -0.15) is 0 Å². The van der Waals surface area contributed by atoms with Crippen LogP contribution in [0.5, 0.6) is 0 Å². The number of rotatable bonds is 5. The molecule has 0 radical (unpaired) electrons. The van der Waals surface area contributed by atoms with Crippen molar-refractivity contribution in [1.82, 2.24) is 0 Å². The Labute approximate surface area is 245 Å². The Morgan fingerprint density at radius 1 is 0.976 bits per heavy atom. The Bertz CT molecular complexity index is 1860. The lowest BCUT2D eigenvalue weighted by atomic mass is 9.64. The Balaban J connectivity index is 1.56. The van der Waals surface area contributed by atoms with Gasteiger partial charge in [-0.3, -0.25) is 24.5 Å². The van der Waals surface area contributed by atoms with Crippen LogP contribution in [0.4, 0.5) is 17.1 Å². The summed E-state index contributed by atoms with van der Waals surface area (Å²) in [7, 11) is 0. The van der Waals surface area contributed by atoms with E-state index in [0.29, 0.717) is 16.1 Å². The zero-order valence-corrected chi connectivity index (χ0v) is 23.6. The summed E-state index contributed by atoms with van der Waals surface area (Å²) in [6.07, 6.45) is 2.00. The Hall–Kier alpha value is -4.89. The number of anilines is 2. The van der Waals surface area contributed by atoms with Crippen LogP contribution in [-0.4, -0.2) is 34.5 Å². The first-order chi connectivity index (χ1) is 20.2. The molecule has 4 aromatic rings. The number of hydrogen-bond donors (Lipinski definition) is 1. The molecule has 0 saturated carbocycles. The quantitative estimate of drug-likeness (QED) is 0.172. The number of Topliss-reactive ketones (excluding diaryl/α,β-unsaturated/α-hetero) is 2. The number of nitro groups is 1. The van der Waals surface area contributed by atoms with E-state index in [1.165, 1.54) is 35.6 Å². The summed E-state index contributed by atoms with van der Waals surface area (Å²) in [6, 6.07) is 20.6. The predicted molar refractivity (Wildman–Crippen MR) is 161 cm³/mol. The van der Waals surface area contributed by atoms with Crippen LogP contribution >= 0.6 is 11.3 Å². The predicted octanol–water partition coefficient (Wildman–Crippen LogP) is 6.21. The number of nitrogens with zero attached hydrogens (tertiary/aromatic N) is 2. The highest BCUT2D eigenvalue weighted by molar-refractivity contribution is 7.12. The number of carbonyl (C=O) groups excluding carboxylic acids is 3. The molecule has 4 heterocycles. The Morgan fingerprint density at radius 2 is 1.79 bits per heavy atom. The van der Waals surface area contributed by atoms with Gasteiger partial charge in [0.2, 0.25) is 5.91 Å². The molecule has 1 amide bonds. The van der Waals surface area contributed by atoms with E-state index in [1.54, 1.807) is 18.2 Å². The first-order valence-electron chi connectivity index (χ1n) is 13.6. The van der Waals surface area contributed by atoms with Crippen LogP contribution in [0.2, 0.25) is 0 Å². The highest BCUT2D eigenvalue weighted by Crippen LogP contribution is 2.59. The molecule has 3 aromatic carbocycles. The second-order valence-corrected chi connectivity index (χ2v) is 12.0. The summed E-state index contributed by atoms with van der Waals surface area (Å²) in [4.78, 5) is 57.3. The van der Waals surface area contributed by atoms with Crippen LogP contribution in [0.15, 0.2) is 90.3 Å². The summed E-state index contributed by atoms with van der Waals surface area (Å²) in [5, 5.41) is 16.5. The average Bonchev–Trinajstić information content (AvgIpc) is 3.70. The molecule has 208 valence electrons. The molecule has 1 fully saturated rings. The molecule has 9 heteroatoms. The maximum atomic E-state index is 14.8. The lowest BCUT2D eigenvalue weighted by Gasteiger charge is -2.39. The second-order valence-electron chi connectivity index (χ2n) is 11.0. The summed E-state index contributed by atoms with van der Waals surface area (Å²) < 4.78 is 0. The summed E-state index contributed by atoms with van der Waals surface area (Å²) in [5.74, 6) is -2.32. The van der Waals surface area contributed by atoms with Crippen LogP contribution < -0.4 is 10.2 Å². The minimum atomic E-state index is -1.47. The van der Waals surface area contributed by atoms with Crippen molar-refractivity contribution in [3.8, 4) is 0 Å². The fraction of sp³-hybridized carbons (Fsp3) is 0.182. The van der Waals surface area contributed by atoms with Gasteiger partial charge in [0, 0.05) is 34.6 Å². The minimum Gasteiger partial charge on any atom is -0.352 e. The number of ketones is 2. The van der Waals surface area contributed by atoms with Gasteiger partial charge < -0.3 is 10.2 Å². The fourth-order valence-corrected chi connectivity index (χ4v) is 7.76. The molecule has 0 aliphatic carbocycles. The van der Waals surface area contributed by atoms with E-state index in [-0.39, 0.29) is 22.9 Å². The maximum absolute atomic E-state index is 14.8. The SMILES string of the molecule is CC1=C[C@@H]2N(c3ccc(C)cc31)[C@H](C(=O)c1cccs1)[C@H](C(=O)c1cccc([N+](=O)[O-])c1)[C@]21C(=O)Nc2ccccc21. The zero-order valence-electron chi connectivity index (χ0n) is 22.7. The van der Waals surface area contributed by atoms with Gasteiger partial charge in [-0.25, -0.2) is 0 Å². The number of benzene rings is 3. The van der Waals surface area contributed by atoms with E-state index in [0.717, 1.165) is 22.4 Å². The van der Waals surface area contributed by atoms with Crippen LogP contribution in [-0.2, 0) is 10.2 Å². The average molecular weight is 576 g/mol. The molecular weight excluding hydrogens is 550 g/mol. The molecule has 1 aromatic heterocycles. The molecule has 1 N–H and O–H groups in total. The van der Waals surface area contributed by atoms with E-state index in [1.807, 2.05) is 60.5 Å². The van der Waals surface area contributed by atoms with Gasteiger partial charge in [0.25, 0.3) is 5.69 Å². The molecule has 0 bridgehead atoms. The molecule has 8 nitrogen and oxygen atoms in total. The van der Waals surface area contributed by atoms with E-state index < -0.39 is 34.1 Å².